The topological polar surface area (TPSA) is 89.8 Å². The summed E-state index contributed by atoms with van der Waals surface area (Å²) in [5.74, 6) is 0.519. The molecule has 0 bridgehead atoms. The zero-order valence-electron chi connectivity index (χ0n) is 15.1. The molecule has 0 aliphatic carbocycles. The molecule has 2 aromatic carbocycles. The Balaban J connectivity index is 1.40. The van der Waals surface area contributed by atoms with Crippen LogP contribution in [0.1, 0.15) is 5.56 Å². The summed E-state index contributed by atoms with van der Waals surface area (Å²) in [4.78, 5) is 9.70. The third-order valence-electron chi connectivity index (χ3n) is 4.46. The Hall–Kier alpha value is -2.67. The number of pyridine rings is 1. The number of hydrogen-bond donors (Lipinski definition) is 3. The fraction of sp³-hybridized carbons (Fsp3) is 0.143. The molecule has 28 heavy (non-hydrogen) atoms. The van der Waals surface area contributed by atoms with E-state index in [2.05, 4.69) is 27.4 Å². The largest absolute Gasteiger partial charge is 0.384 e. The van der Waals surface area contributed by atoms with E-state index in [1.165, 1.54) is 5.56 Å². The number of nitrogen functional groups attached to an aromatic ring is 1. The second-order valence-corrected chi connectivity index (χ2v) is 8.14. The van der Waals surface area contributed by atoms with Gasteiger partial charge in [-0.05, 0) is 47.2 Å². The third-order valence-corrected chi connectivity index (χ3v) is 5.72. The second kappa shape index (κ2) is 8.14. The highest BCUT2D eigenvalue weighted by molar-refractivity contribution is 7.18. The van der Waals surface area contributed by atoms with Crippen LogP contribution in [-0.4, -0.2) is 22.6 Å². The van der Waals surface area contributed by atoms with Crippen LogP contribution in [0.3, 0.4) is 0 Å². The number of nitrogens with one attached hydrogen (secondary N) is 1. The second-order valence-electron chi connectivity index (χ2n) is 6.67. The first-order valence-corrected chi connectivity index (χ1v) is 10.1. The molecule has 0 aliphatic rings. The maximum Gasteiger partial charge on any atom is 0.183 e. The minimum absolute atomic E-state index is 0.00957. The van der Waals surface area contributed by atoms with Gasteiger partial charge in [0.25, 0.3) is 0 Å². The van der Waals surface area contributed by atoms with Crippen molar-refractivity contribution in [3.05, 3.63) is 71.5 Å². The summed E-state index contributed by atoms with van der Waals surface area (Å²) in [6.07, 6.45) is 4.45. The summed E-state index contributed by atoms with van der Waals surface area (Å²) >= 11 is 7.53. The molecule has 142 valence electrons. The van der Waals surface area contributed by atoms with Crippen molar-refractivity contribution in [1.82, 2.24) is 9.97 Å². The van der Waals surface area contributed by atoms with Crippen molar-refractivity contribution < 1.29 is 0 Å². The molecule has 0 saturated heterocycles. The summed E-state index contributed by atoms with van der Waals surface area (Å²) in [5.41, 5.74) is 14.3. The Labute approximate surface area is 172 Å². The van der Waals surface area contributed by atoms with Gasteiger partial charge in [-0.15, -0.1) is 0 Å². The standard InChI is InChI=1S/C21H20ClN5S/c22-17-5-1-13(2-6-17)7-18(23)11-26-21-27-12-19(28-21)14-3-4-15-10-25-20(24)9-16(15)8-14/h1-6,8-10,12,18H,7,11,23H2,(H2,24,25)(H,26,27)/t18-/m1/s1. The highest BCUT2D eigenvalue weighted by Crippen LogP contribution is 2.31. The maximum atomic E-state index is 6.25. The lowest BCUT2D eigenvalue weighted by atomic mass is 10.1. The minimum Gasteiger partial charge on any atom is -0.384 e. The highest BCUT2D eigenvalue weighted by Gasteiger charge is 2.09. The van der Waals surface area contributed by atoms with Crippen LogP contribution in [0.25, 0.3) is 21.2 Å². The molecule has 2 heterocycles. The predicted octanol–water partition coefficient (Wildman–Crippen LogP) is 4.58. The highest BCUT2D eigenvalue weighted by atomic mass is 35.5. The summed E-state index contributed by atoms with van der Waals surface area (Å²) < 4.78 is 0. The number of benzene rings is 2. The van der Waals surface area contributed by atoms with Gasteiger partial charge in [0.2, 0.25) is 0 Å². The van der Waals surface area contributed by atoms with E-state index in [9.17, 15) is 0 Å². The molecule has 7 heteroatoms. The zero-order valence-corrected chi connectivity index (χ0v) is 16.7. The van der Waals surface area contributed by atoms with Crippen molar-refractivity contribution in [2.45, 2.75) is 12.5 Å². The Kier molecular flexibility index (Phi) is 5.43. The van der Waals surface area contributed by atoms with Crippen LogP contribution < -0.4 is 16.8 Å². The Morgan fingerprint density at radius 1 is 1.00 bits per heavy atom. The van der Waals surface area contributed by atoms with Crippen LogP contribution in [-0.2, 0) is 6.42 Å². The van der Waals surface area contributed by atoms with E-state index in [0.717, 1.165) is 37.8 Å². The monoisotopic (exact) mass is 409 g/mol. The van der Waals surface area contributed by atoms with Crippen molar-refractivity contribution >= 4 is 44.7 Å². The first-order valence-electron chi connectivity index (χ1n) is 8.92. The summed E-state index contributed by atoms with van der Waals surface area (Å²) in [5, 5.41) is 7.06. The SMILES string of the molecule is Nc1cc2cc(-c3cnc(NC[C@H](N)Cc4ccc(Cl)cc4)s3)ccc2cn1. The average molecular weight is 410 g/mol. The molecule has 0 radical (unpaired) electrons. The van der Waals surface area contributed by atoms with Gasteiger partial charge in [-0.3, -0.25) is 0 Å². The number of hydrogen-bond acceptors (Lipinski definition) is 6. The van der Waals surface area contributed by atoms with Gasteiger partial charge < -0.3 is 16.8 Å². The number of rotatable bonds is 6. The van der Waals surface area contributed by atoms with Crippen molar-refractivity contribution in [2.75, 3.05) is 17.6 Å². The van der Waals surface area contributed by atoms with Crippen LogP contribution >= 0.6 is 22.9 Å². The molecule has 0 unspecified atom stereocenters. The van der Waals surface area contributed by atoms with Crippen LogP contribution in [0.5, 0.6) is 0 Å². The smallest absolute Gasteiger partial charge is 0.183 e. The van der Waals surface area contributed by atoms with Gasteiger partial charge in [-0.2, -0.15) is 0 Å². The number of thiazole rings is 1. The van der Waals surface area contributed by atoms with Crippen LogP contribution in [0, 0.1) is 0 Å². The van der Waals surface area contributed by atoms with Crippen LogP contribution in [0.2, 0.25) is 5.02 Å². The molecule has 1 atom stereocenters. The molecule has 5 N–H and O–H groups in total. The van der Waals surface area contributed by atoms with Gasteiger partial charge >= 0.3 is 0 Å². The lowest BCUT2D eigenvalue weighted by Gasteiger charge is -2.12. The Morgan fingerprint density at radius 2 is 1.82 bits per heavy atom. The van der Waals surface area contributed by atoms with Gasteiger partial charge in [0.15, 0.2) is 5.13 Å². The lowest BCUT2D eigenvalue weighted by Crippen LogP contribution is -2.31. The lowest BCUT2D eigenvalue weighted by molar-refractivity contribution is 0.699. The van der Waals surface area contributed by atoms with E-state index in [1.807, 2.05) is 42.6 Å². The van der Waals surface area contributed by atoms with Gasteiger partial charge in [-0.1, -0.05) is 47.2 Å². The number of anilines is 2. The number of halogens is 1. The van der Waals surface area contributed by atoms with E-state index in [1.54, 1.807) is 17.5 Å². The van der Waals surface area contributed by atoms with Gasteiger partial charge in [-0.25, -0.2) is 9.97 Å². The molecular formula is C21H20ClN5S. The Morgan fingerprint density at radius 3 is 2.64 bits per heavy atom. The molecular weight excluding hydrogens is 390 g/mol. The molecule has 0 aliphatic heterocycles. The molecule has 4 aromatic rings. The van der Waals surface area contributed by atoms with Crippen LogP contribution in [0.15, 0.2) is 60.9 Å². The molecule has 0 saturated carbocycles. The summed E-state index contributed by atoms with van der Waals surface area (Å²) in [7, 11) is 0. The summed E-state index contributed by atoms with van der Waals surface area (Å²) in [6, 6.07) is 15.9. The number of fused-ring (bicyclic) bond motifs is 1. The normalized spacial score (nSPS) is 12.2. The number of aromatic nitrogens is 2. The minimum atomic E-state index is -0.00957. The fourth-order valence-corrected chi connectivity index (χ4v) is 3.96. The summed E-state index contributed by atoms with van der Waals surface area (Å²) in [6.45, 7) is 0.648. The number of nitrogens with two attached hydrogens (primary N) is 2. The quantitative estimate of drug-likeness (QED) is 0.433. The first kappa shape index (κ1) is 18.7. The molecule has 5 nitrogen and oxygen atoms in total. The van der Waals surface area contributed by atoms with E-state index < -0.39 is 0 Å². The molecule has 4 rings (SSSR count). The zero-order chi connectivity index (χ0) is 19.5. The number of nitrogens with zero attached hydrogens (tertiary/aromatic N) is 2. The van der Waals surface area contributed by atoms with Crippen LogP contribution in [0.4, 0.5) is 10.9 Å². The first-order chi connectivity index (χ1) is 13.6. The van der Waals surface area contributed by atoms with Gasteiger partial charge in [0.05, 0.1) is 4.88 Å². The maximum absolute atomic E-state index is 6.25. The predicted molar refractivity (Wildman–Crippen MR) is 119 cm³/mol. The van der Waals surface area contributed by atoms with Crippen molar-refractivity contribution in [3.63, 3.8) is 0 Å². The van der Waals surface area contributed by atoms with Gasteiger partial charge in [0, 0.05) is 35.4 Å². The van der Waals surface area contributed by atoms with Crippen molar-refractivity contribution in [1.29, 1.82) is 0 Å². The van der Waals surface area contributed by atoms with Crippen molar-refractivity contribution in [3.8, 4) is 10.4 Å². The van der Waals surface area contributed by atoms with E-state index in [4.69, 9.17) is 23.1 Å². The molecule has 0 fully saturated rings. The average Bonchev–Trinajstić information content (AvgIpc) is 3.17. The van der Waals surface area contributed by atoms with E-state index in [-0.39, 0.29) is 6.04 Å². The Bertz CT molecular complexity index is 1090. The van der Waals surface area contributed by atoms with Crippen molar-refractivity contribution in [2.24, 2.45) is 5.73 Å². The van der Waals surface area contributed by atoms with E-state index in [0.29, 0.717) is 12.4 Å². The molecule has 0 amide bonds. The van der Waals surface area contributed by atoms with Gasteiger partial charge in [0.1, 0.15) is 5.82 Å². The molecule has 2 aromatic heterocycles. The molecule has 0 spiro atoms. The van der Waals surface area contributed by atoms with E-state index >= 15 is 0 Å². The fourth-order valence-electron chi connectivity index (χ4n) is 3.01. The third kappa shape index (κ3) is 4.42.